The van der Waals surface area contributed by atoms with E-state index in [2.05, 4.69) is 20.2 Å². The van der Waals surface area contributed by atoms with Crippen molar-refractivity contribution in [3.05, 3.63) is 16.1 Å². The molecule has 1 N–H and O–H groups in total. The summed E-state index contributed by atoms with van der Waals surface area (Å²) >= 11 is 1.74. The quantitative estimate of drug-likeness (QED) is 0.496. The number of halogens is 1. The first-order valence-electron chi connectivity index (χ1n) is 5.66. The molecule has 96 valence electrons. The standard InChI is InChI=1S/C11H18N4S.HI/c1-9-13-7-10(16-9)8-14-11(12-2)15-5-3-4-6-15;/h7H,3-6,8H2,1-2H3,(H,12,14);1H. The Morgan fingerprint density at radius 1 is 1.53 bits per heavy atom. The highest BCUT2D eigenvalue weighted by molar-refractivity contribution is 14.0. The van der Waals surface area contributed by atoms with Crippen molar-refractivity contribution < 1.29 is 0 Å². The highest BCUT2D eigenvalue weighted by Crippen LogP contribution is 2.12. The molecule has 4 nitrogen and oxygen atoms in total. The molecule has 0 spiro atoms. The average Bonchev–Trinajstić information content (AvgIpc) is 2.91. The molecule has 2 heterocycles. The molecule has 0 aliphatic carbocycles. The Morgan fingerprint density at radius 3 is 2.76 bits per heavy atom. The van der Waals surface area contributed by atoms with Crippen LogP contribution in [-0.2, 0) is 6.54 Å². The van der Waals surface area contributed by atoms with Gasteiger partial charge in [-0.2, -0.15) is 0 Å². The number of hydrogen-bond acceptors (Lipinski definition) is 3. The zero-order valence-corrected chi connectivity index (χ0v) is 13.4. The van der Waals surface area contributed by atoms with E-state index in [1.165, 1.54) is 17.7 Å². The SMILES string of the molecule is CN=C(NCc1cnc(C)s1)N1CCCC1.I. The second-order valence-electron chi connectivity index (χ2n) is 3.94. The number of hydrogen-bond donors (Lipinski definition) is 1. The molecular formula is C11H19IN4S. The topological polar surface area (TPSA) is 40.5 Å². The molecule has 1 saturated heterocycles. The van der Waals surface area contributed by atoms with Gasteiger partial charge in [0, 0.05) is 31.2 Å². The summed E-state index contributed by atoms with van der Waals surface area (Å²) in [6.45, 7) is 5.11. The Labute approximate surface area is 124 Å². The first-order chi connectivity index (χ1) is 7.79. The van der Waals surface area contributed by atoms with Gasteiger partial charge in [-0.3, -0.25) is 4.99 Å². The number of aromatic nitrogens is 1. The van der Waals surface area contributed by atoms with E-state index in [1.807, 2.05) is 20.2 Å². The lowest BCUT2D eigenvalue weighted by atomic mass is 10.4. The van der Waals surface area contributed by atoms with E-state index in [9.17, 15) is 0 Å². The van der Waals surface area contributed by atoms with Crippen molar-refractivity contribution in [2.75, 3.05) is 20.1 Å². The van der Waals surface area contributed by atoms with Gasteiger partial charge in [-0.25, -0.2) is 4.98 Å². The molecule has 0 unspecified atom stereocenters. The number of nitrogens with zero attached hydrogens (tertiary/aromatic N) is 3. The Balaban J connectivity index is 0.00000144. The van der Waals surface area contributed by atoms with Gasteiger partial charge in [-0.05, 0) is 19.8 Å². The van der Waals surface area contributed by atoms with Crippen molar-refractivity contribution in [2.24, 2.45) is 4.99 Å². The summed E-state index contributed by atoms with van der Waals surface area (Å²) in [4.78, 5) is 12.1. The first-order valence-corrected chi connectivity index (χ1v) is 6.48. The van der Waals surface area contributed by atoms with E-state index < -0.39 is 0 Å². The van der Waals surface area contributed by atoms with E-state index in [0.29, 0.717) is 0 Å². The van der Waals surface area contributed by atoms with Crippen LogP contribution < -0.4 is 5.32 Å². The molecule has 1 aliphatic rings. The van der Waals surface area contributed by atoms with Crippen molar-refractivity contribution in [3.8, 4) is 0 Å². The van der Waals surface area contributed by atoms with Gasteiger partial charge in [0.05, 0.1) is 11.6 Å². The third-order valence-corrected chi connectivity index (χ3v) is 3.62. The lowest BCUT2D eigenvalue weighted by molar-refractivity contribution is 0.494. The third-order valence-electron chi connectivity index (χ3n) is 2.71. The van der Waals surface area contributed by atoms with Gasteiger partial charge in [0.25, 0.3) is 0 Å². The number of rotatable bonds is 2. The molecule has 2 rings (SSSR count). The highest BCUT2D eigenvalue weighted by atomic mass is 127. The Bertz CT molecular complexity index is 371. The second kappa shape index (κ2) is 7.15. The maximum atomic E-state index is 4.31. The fourth-order valence-electron chi connectivity index (χ4n) is 1.91. The monoisotopic (exact) mass is 366 g/mol. The van der Waals surface area contributed by atoms with Gasteiger partial charge in [0.1, 0.15) is 0 Å². The van der Waals surface area contributed by atoms with Crippen LogP contribution in [-0.4, -0.2) is 36.0 Å². The summed E-state index contributed by atoms with van der Waals surface area (Å²) in [7, 11) is 1.85. The van der Waals surface area contributed by atoms with Gasteiger partial charge in [0.2, 0.25) is 0 Å². The van der Waals surface area contributed by atoms with Crippen LogP contribution in [0.5, 0.6) is 0 Å². The lowest BCUT2D eigenvalue weighted by Gasteiger charge is -2.20. The summed E-state index contributed by atoms with van der Waals surface area (Å²) in [6, 6.07) is 0. The van der Waals surface area contributed by atoms with Gasteiger partial charge >= 0.3 is 0 Å². The molecule has 0 saturated carbocycles. The molecule has 17 heavy (non-hydrogen) atoms. The molecule has 0 atom stereocenters. The lowest BCUT2D eigenvalue weighted by Crippen LogP contribution is -2.38. The summed E-state index contributed by atoms with van der Waals surface area (Å²) < 4.78 is 0. The normalized spacial score (nSPS) is 15.9. The minimum atomic E-state index is 0. The van der Waals surface area contributed by atoms with Crippen LogP contribution in [0.25, 0.3) is 0 Å². The van der Waals surface area contributed by atoms with Crippen LogP contribution in [0.15, 0.2) is 11.2 Å². The largest absolute Gasteiger partial charge is 0.351 e. The minimum absolute atomic E-state index is 0. The van der Waals surface area contributed by atoms with Crippen LogP contribution in [0.2, 0.25) is 0 Å². The van der Waals surface area contributed by atoms with E-state index >= 15 is 0 Å². The van der Waals surface area contributed by atoms with Gasteiger partial charge < -0.3 is 10.2 Å². The molecule has 0 amide bonds. The van der Waals surface area contributed by atoms with E-state index in [0.717, 1.165) is 30.6 Å². The molecular weight excluding hydrogens is 347 g/mol. The highest BCUT2D eigenvalue weighted by Gasteiger charge is 2.15. The van der Waals surface area contributed by atoms with Crippen molar-refractivity contribution in [2.45, 2.75) is 26.3 Å². The number of aliphatic imine (C=N–C) groups is 1. The van der Waals surface area contributed by atoms with Crippen molar-refractivity contribution >= 4 is 41.3 Å². The van der Waals surface area contributed by atoms with Crippen LogP contribution in [0.3, 0.4) is 0 Å². The maximum Gasteiger partial charge on any atom is 0.193 e. The van der Waals surface area contributed by atoms with E-state index in [-0.39, 0.29) is 24.0 Å². The summed E-state index contributed by atoms with van der Waals surface area (Å²) in [5.74, 6) is 1.02. The second-order valence-corrected chi connectivity index (χ2v) is 5.26. The van der Waals surface area contributed by atoms with Gasteiger partial charge in [0.15, 0.2) is 5.96 Å². The average molecular weight is 366 g/mol. The molecule has 0 radical (unpaired) electrons. The van der Waals surface area contributed by atoms with E-state index in [4.69, 9.17) is 0 Å². The molecule has 1 aromatic heterocycles. The van der Waals surface area contributed by atoms with Crippen LogP contribution in [0, 0.1) is 6.92 Å². The maximum absolute atomic E-state index is 4.31. The number of aryl methyl sites for hydroxylation is 1. The van der Waals surface area contributed by atoms with Gasteiger partial charge in [-0.1, -0.05) is 0 Å². The minimum Gasteiger partial charge on any atom is -0.351 e. The molecule has 1 aromatic rings. The fourth-order valence-corrected chi connectivity index (χ4v) is 2.65. The van der Waals surface area contributed by atoms with Crippen LogP contribution in [0.4, 0.5) is 0 Å². The third kappa shape index (κ3) is 4.09. The summed E-state index contributed by atoms with van der Waals surface area (Å²) in [5, 5.41) is 4.51. The smallest absolute Gasteiger partial charge is 0.193 e. The molecule has 1 fully saturated rings. The van der Waals surface area contributed by atoms with Crippen LogP contribution in [0.1, 0.15) is 22.7 Å². The van der Waals surface area contributed by atoms with Crippen LogP contribution >= 0.6 is 35.3 Å². The predicted octanol–water partition coefficient (Wildman–Crippen LogP) is 2.24. The molecule has 1 aliphatic heterocycles. The summed E-state index contributed by atoms with van der Waals surface area (Å²) in [6.07, 6.45) is 4.49. The fraction of sp³-hybridized carbons (Fsp3) is 0.636. The first kappa shape index (κ1) is 14.7. The van der Waals surface area contributed by atoms with Gasteiger partial charge in [-0.15, -0.1) is 35.3 Å². The number of guanidine groups is 1. The number of thiazole rings is 1. The Hall–Kier alpha value is -0.370. The zero-order chi connectivity index (χ0) is 11.4. The van der Waals surface area contributed by atoms with Crippen molar-refractivity contribution in [1.82, 2.24) is 15.2 Å². The molecule has 0 aromatic carbocycles. The molecule has 6 heteroatoms. The van der Waals surface area contributed by atoms with Crippen molar-refractivity contribution in [3.63, 3.8) is 0 Å². The number of likely N-dealkylation sites (tertiary alicyclic amines) is 1. The van der Waals surface area contributed by atoms with E-state index in [1.54, 1.807) is 11.3 Å². The predicted molar refractivity (Wildman–Crippen MR) is 83.3 cm³/mol. The Morgan fingerprint density at radius 2 is 2.24 bits per heavy atom. The molecule has 0 bridgehead atoms. The zero-order valence-electron chi connectivity index (χ0n) is 10.3. The summed E-state index contributed by atoms with van der Waals surface area (Å²) in [5.41, 5.74) is 0. The Kier molecular flexibility index (Phi) is 6.18. The number of nitrogens with one attached hydrogen (secondary N) is 1. The van der Waals surface area contributed by atoms with Crippen molar-refractivity contribution in [1.29, 1.82) is 0 Å².